The lowest BCUT2D eigenvalue weighted by atomic mass is 9.84. The molecule has 8 heteroatoms. The van der Waals surface area contributed by atoms with Gasteiger partial charge in [-0.3, -0.25) is 9.69 Å². The highest BCUT2D eigenvalue weighted by molar-refractivity contribution is 5.96. The molecule has 2 saturated heterocycles. The first-order valence-corrected chi connectivity index (χ1v) is 12.2. The van der Waals surface area contributed by atoms with Crippen LogP contribution >= 0.6 is 0 Å². The van der Waals surface area contributed by atoms with Gasteiger partial charge in [0.05, 0.1) is 17.7 Å². The summed E-state index contributed by atoms with van der Waals surface area (Å²) in [4.78, 5) is 27.1. The molecule has 4 aliphatic rings. The van der Waals surface area contributed by atoms with Gasteiger partial charge in [-0.25, -0.2) is 9.18 Å². The van der Waals surface area contributed by atoms with E-state index in [-0.39, 0.29) is 24.3 Å². The van der Waals surface area contributed by atoms with Gasteiger partial charge in [0.1, 0.15) is 11.9 Å². The molecule has 6 rings (SSSR count). The number of benzene rings is 2. The van der Waals surface area contributed by atoms with E-state index >= 15 is 4.39 Å². The second-order valence-corrected chi connectivity index (χ2v) is 10.4. The number of rotatable bonds is 5. The first-order valence-electron chi connectivity index (χ1n) is 12.2. The van der Waals surface area contributed by atoms with Gasteiger partial charge in [-0.2, -0.15) is 5.26 Å². The number of likely N-dealkylation sites (tertiary alicyclic amines) is 1. The van der Waals surface area contributed by atoms with Gasteiger partial charge in [0.15, 0.2) is 5.60 Å². The van der Waals surface area contributed by atoms with Gasteiger partial charge in [0.2, 0.25) is 5.91 Å². The van der Waals surface area contributed by atoms with Gasteiger partial charge in [-0.1, -0.05) is 18.2 Å². The lowest BCUT2D eigenvalue weighted by Gasteiger charge is -2.44. The number of halogens is 1. The molecule has 35 heavy (non-hydrogen) atoms. The number of hydrogen-bond donors (Lipinski definition) is 2. The van der Waals surface area contributed by atoms with Crippen LogP contribution in [0, 0.1) is 23.1 Å². The van der Waals surface area contributed by atoms with Crippen LogP contribution in [0.2, 0.25) is 0 Å². The van der Waals surface area contributed by atoms with E-state index in [1.807, 2.05) is 19.2 Å². The predicted molar refractivity (Wildman–Crippen MR) is 126 cm³/mol. The van der Waals surface area contributed by atoms with Gasteiger partial charge >= 0.3 is 5.97 Å². The van der Waals surface area contributed by atoms with Crippen molar-refractivity contribution in [3.8, 4) is 17.2 Å². The summed E-state index contributed by atoms with van der Waals surface area (Å²) >= 11 is 0. The van der Waals surface area contributed by atoms with Crippen LogP contribution in [-0.4, -0.2) is 55.0 Å². The maximum atomic E-state index is 15.1. The summed E-state index contributed by atoms with van der Waals surface area (Å²) in [6.45, 7) is 1.28. The SMILES string of the molecule is CN1CC2(C1)OC(=O)c1ccc(-c3ccc(C[C@@H](C#N)NC(=O)[C@H]4N[C@@H]5CC[C@H]4C5)c(F)c3)cc12. The van der Waals surface area contributed by atoms with Crippen molar-refractivity contribution in [3.63, 3.8) is 0 Å². The van der Waals surface area contributed by atoms with Crippen LogP contribution < -0.4 is 10.6 Å². The molecule has 3 fully saturated rings. The van der Waals surface area contributed by atoms with E-state index in [1.165, 1.54) is 6.07 Å². The average molecular weight is 475 g/mol. The zero-order valence-electron chi connectivity index (χ0n) is 19.5. The summed E-state index contributed by atoms with van der Waals surface area (Å²) < 4.78 is 20.8. The Bertz CT molecular complexity index is 1270. The van der Waals surface area contributed by atoms with Crippen molar-refractivity contribution < 1.29 is 18.7 Å². The average Bonchev–Trinajstić information content (AvgIpc) is 3.53. The van der Waals surface area contributed by atoms with E-state index in [4.69, 9.17) is 4.74 Å². The van der Waals surface area contributed by atoms with Crippen molar-refractivity contribution in [2.75, 3.05) is 20.1 Å². The second-order valence-electron chi connectivity index (χ2n) is 10.4. The van der Waals surface area contributed by atoms with Crippen LogP contribution in [-0.2, 0) is 21.6 Å². The molecular formula is C27H27FN4O3. The molecule has 2 aromatic carbocycles. The number of carbonyl (C=O) groups excluding carboxylic acids is 2. The minimum absolute atomic E-state index is 0.0944. The van der Waals surface area contributed by atoms with Gasteiger partial charge < -0.3 is 15.4 Å². The van der Waals surface area contributed by atoms with E-state index in [0.717, 1.165) is 30.4 Å². The molecular weight excluding hydrogens is 447 g/mol. The molecule has 2 bridgehead atoms. The number of hydrogen-bond acceptors (Lipinski definition) is 6. The van der Waals surface area contributed by atoms with E-state index in [1.54, 1.807) is 18.2 Å². The lowest BCUT2D eigenvalue weighted by molar-refractivity contribution is -0.124. The minimum atomic E-state index is -0.803. The van der Waals surface area contributed by atoms with Crippen LogP contribution in [0.4, 0.5) is 4.39 Å². The summed E-state index contributed by atoms with van der Waals surface area (Å²) in [5.74, 6) is -0.596. The lowest BCUT2D eigenvalue weighted by Crippen LogP contribution is -2.57. The quantitative estimate of drug-likeness (QED) is 0.647. The van der Waals surface area contributed by atoms with Crippen molar-refractivity contribution in [2.45, 2.75) is 49.4 Å². The summed E-state index contributed by atoms with van der Waals surface area (Å²) in [6, 6.07) is 11.8. The van der Waals surface area contributed by atoms with Crippen molar-refractivity contribution in [1.29, 1.82) is 5.26 Å². The molecule has 0 radical (unpaired) electrons. The Balaban J connectivity index is 1.18. The number of carbonyl (C=O) groups is 2. The number of nitrogens with one attached hydrogen (secondary N) is 2. The largest absolute Gasteiger partial charge is 0.448 e. The van der Waals surface area contributed by atoms with Crippen molar-refractivity contribution >= 4 is 11.9 Å². The molecule has 0 unspecified atom stereocenters. The number of esters is 1. The van der Waals surface area contributed by atoms with Gasteiger partial charge in [-0.05, 0) is 67.1 Å². The van der Waals surface area contributed by atoms with Gasteiger partial charge in [-0.15, -0.1) is 0 Å². The van der Waals surface area contributed by atoms with Crippen LogP contribution in [0.25, 0.3) is 11.1 Å². The zero-order valence-corrected chi connectivity index (χ0v) is 19.5. The summed E-state index contributed by atoms with van der Waals surface area (Å²) in [5, 5.41) is 15.7. The van der Waals surface area contributed by atoms with Crippen LogP contribution in [0.1, 0.15) is 40.7 Å². The predicted octanol–water partition coefficient (Wildman–Crippen LogP) is 2.50. The second kappa shape index (κ2) is 8.14. The van der Waals surface area contributed by atoms with Crippen molar-refractivity contribution in [2.24, 2.45) is 5.92 Å². The minimum Gasteiger partial charge on any atom is -0.448 e. The molecule has 7 nitrogen and oxygen atoms in total. The normalized spacial score (nSPS) is 26.7. The Kier molecular flexibility index (Phi) is 5.17. The van der Waals surface area contributed by atoms with Crippen LogP contribution in [0.5, 0.6) is 0 Å². The smallest absolute Gasteiger partial charge is 0.339 e. The van der Waals surface area contributed by atoms with Crippen LogP contribution in [0.15, 0.2) is 36.4 Å². The van der Waals surface area contributed by atoms with Crippen LogP contribution in [0.3, 0.4) is 0 Å². The fourth-order valence-electron chi connectivity index (χ4n) is 6.28. The number of nitriles is 1. The summed E-state index contributed by atoms with van der Waals surface area (Å²) in [7, 11) is 1.97. The van der Waals surface area contributed by atoms with Gasteiger partial charge in [0, 0.05) is 31.1 Å². The molecule has 1 saturated carbocycles. The van der Waals surface area contributed by atoms with Crippen molar-refractivity contribution in [1.82, 2.24) is 15.5 Å². The van der Waals surface area contributed by atoms with E-state index in [0.29, 0.717) is 41.7 Å². The number of nitrogens with zero attached hydrogens (tertiary/aromatic N) is 2. The molecule has 180 valence electrons. The molecule has 1 amide bonds. The maximum Gasteiger partial charge on any atom is 0.339 e. The Morgan fingerprint density at radius 3 is 2.71 bits per heavy atom. The number of amides is 1. The third-order valence-electron chi connectivity index (χ3n) is 7.99. The van der Waals surface area contributed by atoms with Gasteiger partial charge in [0.25, 0.3) is 0 Å². The topological polar surface area (TPSA) is 94.5 Å². The fraction of sp³-hybridized carbons (Fsp3) is 0.444. The molecule has 2 N–H and O–H groups in total. The summed E-state index contributed by atoms with van der Waals surface area (Å²) in [6.07, 6.45) is 3.23. The molecule has 3 aliphatic heterocycles. The van der Waals surface area contributed by atoms with Crippen molar-refractivity contribution in [3.05, 3.63) is 58.9 Å². The fourth-order valence-corrected chi connectivity index (χ4v) is 6.28. The number of ether oxygens (including phenoxy) is 1. The maximum absolute atomic E-state index is 15.1. The Morgan fingerprint density at radius 1 is 1.29 bits per heavy atom. The van der Waals surface area contributed by atoms with E-state index in [2.05, 4.69) is 21.6 Å². The molecule has 0 aromatic heterocycles. The first kappa shape index (κ1) is 22.2. The van der Waals surface area contributed by atoms with E-state index in [9.17, 15) is 14.9 Å². The Labute approximate surface area is 203 Å². The monoisotopic (exact) mass is 474 g/mol. The highest BCUT2D eigenvalue weighted by Gasteiger charge is 2.52. The third kappa shape index (κ3) is 3.70. The zero-order chi connectivity index (χ0) is 24.3. The number of fused-ring (bicyclic) bond motifs is 4. The number of likely N-dealkylation sites (N-methyl/N-ethyl adjacent to an activating group) is 1. The van der Waals surface area contributed by atoms with E-state index < -0.39 is 17.5 Å². The first-order chi connectivity index (χ1) is 16.8. The highest BCUT2D eigenvalue weighted by Crippen LogP contribution is 2.44. The number of piperidine rings is 1. The molecule has 1 aliphatic carbocycles. The summed E-state index contributed by atoms with van der Waals surface area (Å²) in [5.41, 5.74) is 2.66. The highest BCUT2D eigenvalue weighted by atomic mass is 19.1. The standard InChI is InChI=1S/C27H27FN4O3/c1-32-13-27(14-32)22-10-15(5-7-21(22)26(34)35-27)16-2-3-17(23(28)11-16)8-20(12-29)31-25(33)24-18-4-6-19(9-18)30-24/h2-3,5,7,10-11,18-20,24,30H,4,6,8-9,13-14H2,1H3,(H,31,33)/t18-,19+,20-,24-/m0/s1. The third-order valence-corrected chi connectivity index (χ3v) is 7.99. The molecule has 2 aromatic rings. The Morgan fingerprint density at radius 2 is 2.06 bits per heavy atom. The Hall–Kier alpha value is -3.28. The molecule has 4 atom stereocenters. The molecule has 3 heterocycles. The molecule has 1 spiro atoms.